The first-order chi connectivity index (χ1) is 11.0. The fraction of sp³-hybridized carbons (Fsp3) is 0.562. The topological polar surface area (TPSA) is 53.0 Å². The molecule has 5 nitrogen and oxygen atoms in total. The normalized spacial score (nSPS) is 26.0. The van der Waals surface area contributed by atoms with Crippen LogP contribution in [0.2, 0.25) is 0 Å². The van der Waals surface area contributed by atoms with Crippen LogP contribution in [0, 0.1) is 11.6 Å². The summed E-state index contributed by atoms with van der Waals surface area (Å²) in [6.07, 6.45) is 1.91. The van der Waals surface area contributed by atoms with Crippen molar-refractivity contribution in [2.75, 3.05) is 26.2 Å². The van der Waals surface area contributed by atoms with Crippen LogP contribution in [0.5, 0.6) is 0 Å². The van der Waals surface area contributed by atoms with E-state index >= 15 is 0 Å². The molecule has 0 spiro atoms. The van der Waals surface area contributed by atoms with Crippen molar-refractivity contribution in [3.63, 3.8) is 0 Å². The first kappa shape index (κ1) is 16.3. The number of benzene rings is 1. The molecule has 0 aromatic heterocycles. The lowest BCUT2D eigenvalue weighted by atomic mass is 9.91. The predicted molar refractivity (Wildman–Crippen MR) is 78.1 cm³/mol. The quantitative estimate of drug-likeness (QED) is 0.910. The van der Waals surface area contributed by atoms with Gasteiger partial charge in [0.2, 0.25) is 0 Å². The van der Waals surface area contributed by atoms with E-state index in [1.54, 1.807) is 5.06 Å². The molecule has 1 amide bonds. The number of halogens is 2. The number of amides is 1. The van der Waals surface area contributed by atoms with Gasteiger partial charge in [-0.3, -0.25) is 9.63 Å². The molecule has 1 aromatic carbocycles. The van der Waals surface area contributed by atoms with Gasteiger partial charge < -0.3 is 10.0 Å². The maximum absolute atomic E-state index is 13.3. The molecule has 1 aromatic rings. The van der Waals surface area contributed by atoms with E-state index in [9.17, 15) is 18.7 Å². The zero-order valence-corrected chi connectivity index (χ0v) is 12.8. The third-order valence-corrected chi connectivity index (χ3v) is 4.32. The maximum Gasteiger partial charge on any atom is 0.256 e. The van der Waals surface area contributed by atoms with E-state index in [-0.39, 0.29) is 19.0 Å². The van der Waals surface area contributed by atoms with Gasteiger partial charge in [-0.15, -0.1) is 0 Å². The number of rotatable bonds is 4. The van der Waals surface area contributed by atoms with Crippen LogP contribution < -0.4 is 0 Å². The second kappa shape index (κ2) is 6.51. The number of aliphatic hydroxyl groups is 1. The zero-order chi connectivity index (χ0) is 16.4. The summed E-state index contributed by atoms with van der Waals surface area (Å²) in [6, 6.07) is 3.58. The number of hydrogen-bond acceptors (Lipinski definition) is 4. The molecule has 1 N–H and O–H groups in total. The Kier molecular flexibility index (Phi) is 4.61. The average molecular weight is 326 g/mol. The second-order valence-electron chi connectivity index (χ2n) is 6.16. The van der Waals surface area contributed by atoms with Crippen LogP contribution in [0.15, 0.2) is 18.2 Å². The number of carbonyl (C=O) groups is 1. The molecule has 0 bridgehead atoms. The second-order valence-corrected chi connectivity index (χ2v) is 6.16. The summed E-state index contributed by atoms with van der Waals surface area (Å²) in [5, 5.41) is 12.3. The van der Waals surface area contributed by atoms with E-state index in [1.165, 1.54) is 11.0 Å². The first-order valence-corrected chi connectivity index (χ1v) is 7.81. The van der Waals surface area contributed by atoms with Crippen LogP contribution in [0.25, 0.3) is 0 Å². The van der Waals surface area contributed by atoms with Crippen LogP contribution in [-0.4, -0.2) is 52.8 Å². The number of β-amino-alcohol motifs (C(OH)–C–C–N with tert-alkyl or cyclic N) is 1. The average Bonchev–Trinajstić information content (AvgIpc) is 3.00. The van der Waals surface area contributed by atoms with Crippen LogP contribution in [-0.2, 0) is 16.2 Å². The standard InChI is InChI=1S/C16H20F2N2O3/c17-13-4-3-12(9-14(13)18)10-19-6-1-5-16(22,15(19)21)11-20-7-2-8-23-20/h3-4,9,22H,1-2,5-8,10-11H2. The number of piperidine rings is 1. The minimum atomic E-state index is -1.48. The van der Waals surface area contributed by atoms with E-state index in [1.807, 2.05) is 0 Å². The smallest absolute Gasteiger partial charge is 0.256 e. The van der Waals surface area contributed by atoms with Gasteiger partial charge in [-0.1, -0.05) is 6.07 Å². The SMILES string of the molecule is O=C1N(Cc2ccc(F)c(F)c2)CCCC1(O)CN1CCCO1. The van der Waals surface area contributed by atoms with Gasteiger partial charge in [0.25, 0.3) is 5.91 Å². The number of nitrogens with zero attached hydrogens (tertiary/aromatic N) is 2. The Morgan fingerprint density at radius 1 is 1.22 bits per heavy atom. The lowest BCUT2D eigenvalue weighted by Gasteiger charge is -2.39. The summed E-state index contributed by atoms with van der Waals surface area (Å²) in [5.41, 5.74) is -0.986. The summed E-state index contributed by atoms with van der Waals surface area (Å²) in [4.78, 5) is 19.5. The molecular formula is C16H20F2N2O3. The number of carbonyl (C=O) groups excluding carboxylic acids is 1. The van der Waals surface area contributed by atoms with Crippen molar-refractivity contribution in [1.82, 2.24) is 9.96 Å². The van der Waals surface area contributed by atoms with Crippen LogP contribution in [0.4, 0.5) is 8.78 Å². The Morgan fingerprint density at radius 2 is 2.04 bits per heavy atom. The van der Waals surface area contributed by atoms with Crippen LogP contribution >= 0.6 is 0 Å². The van der Waals surface area contributed by atoms with Gasteiger partial charge in [0.05, 0.1) is 13.2 Å². The molecule has 1 unspecified atom stereocenters. The van der Waals surface area contributed by atoms with Gasteiger partial charge in [0.15, 0.2) is 17.2 Å². The van der Waals surface area contributed by atoms with Crippen molar-refractivity contribution in [3.05, 3.63) is 35.4 Å². The van der Waals surface area contributed by atoms with E-state index < -0.39 is 17.2 Å². The Bertz CT molecular complexity index is 593. The first-order valence-electron chi connectivity index (χ1n) is 7.81. The van der Waals surface area contributed by atoms with Crippen molar-refractivity contribution in [1.29, 1.82) is 0 Å². The van der Waals surface area contributed by atoms with Gasteiger partial charge in [-0.25, -0.2) is 8.78 Å². The Labute approximate surface area is 133 Å². The van der Waals surface area contributed by atoms with Crippen molar-refractivity contribution >= 4 is 5.91 Å². The summed E-state index contributed by atoms with van der Waals surface area (Å²) in [6.45, 7) is 2.07. The molecule has 1 atom stereocenters. The highest BCUT2D eigenvalue weighted by molar-refractivity contribution is 5.86. The Hall–Kier alpha value is -1.57. The highest BCUT2D eigenvalue weighted by atomic mass is 19.2. The third-order valence-electron chi connectivity index (χ3n) is 4.32. The lowest BCUT2D eigenvalue weighted by molar-refractivity contribution is -0.182. The van der Waals surface area contributed by atoms with Crippen molar-refractivity contribution < 1.29 is 23.5 Å². The Balaban J connectivity index is 1.69. The van der Waals surface area contributed by atoms with Crippen molar-refractivity contribution in [3.8, 4) is 0 Å². The molecule has 3 rings (SSSR count). The minimum absolute atomic E-state index is 0.139. The summed E-state index contributed by atoms with van der Waals surface area (Å²) >= 11 is 0. The maximum atomic E-state index is 13.3. The molecular weight excluding hydrogens is 306 g/mol. The van der Waals surface area contributed by atoms with Gasteiger partial charge >= 0.3 is 0 Å². The summed E-state index contributed by atoms with van der Waals surface area (Å²) in [5.74, 6) is -2.24. The molecule has 0 aliphatic carbocycles. The van der Waals surface area contributed by atoms with Crippen LogP contribution in [0.3, 0.4) is 0 Å². The highest BCUT2D eigenvalue weighted by Gasteiger charge is 2.44. The van der Waals surface area contributed by atoms with E-state index in [0.717, 1.165) is 18.6 Å². The van der Waals surface area contributed by atoms with Crippen LogP contribution in [0.1, 0.15) is 24.8 Å². The van der Waals surface area contributed by atoms with Gasteiger partial charge in [0, 0.05) is 19.6 Å². The van der Waals surface area contributed by atoms with Gasteiger partial charge in [-0.05, 0) is 37.0 Å². The lowest BCUT2D eigenvalue weighted by Crippen LogP contribution is -2.57. The zero-order valence-electron chi connectivity index (χ0n) is 12.8. The molecule has 2 aliphatic rings. The molecule has 23 heavy (non-hydrogen) atoms. The fourth-order valence-electron chi connectivity index (χ4n) is 3.14. The molecule has 0 radical (unpaired) electrons. The minimum Gasteiger partial charge on any atom is -0.379 e. The van der Waals surface area contributed by atoms with E-state index in [2.05, 4.69) is 0 Å². The molecule has 2 aliphatic heterocycles. The Morgan fingerprint density at radius 3 is 2.74 bits per heavy atom. The summed E-state index contributed by atoms with van der Waals surface area (Å²) in [7, 11) is 0. The molecule has 2 heterocycles. The molecule has 0 saturated carbocycles. The third kappa shape index (κ3) is 3.52. The monoisotopic (exact) mass is 326 g/mol. The van der Waals surface area contributed by atoms with E-state index in [0.29, 0.717) is 38.1 Å². The van der Waals surface area contributed by atoms with Gasteiger partial charge in [-0.2, -0.15) is 5.06 Å². The summed E-state index contributed by atoms with van der Waals surface area (Å²) < 4.78 is 26.3. The number of likely N-dealkylation sites (tertiary alicyclic amines) is 1. The highest BCUT2D eigenvalue weighted by Crippen LogP contribution is 2.26. The molecule has 2 fully saturated rings. The molecule has 7 heteroatoms. The predicted octanol–water partition coefficient (Wildman–Crippen LogP) is 1.46. The largest absolute Gasteiger partial charge is 0.379 e. The van der Waals surface area contributed by atoms with Crippen molar-refractivity contribution in [2.24, 2.45) is 0 Å². The number of hydrogen-bond donors (Lipinski definition) is 1. The van der Waals surface area contributed by atoms with Crippen molar-refractivity contribution in [2.45, 2.75) is 31.4 Å². The van der Waals surface area contributed by atoms with Gasteiger partial charge in [0.1, 0.15) is 0 Å². The molecule has 126 valence electrons. The fourth-order valence-corrected chi connectivity index (χ4v) is 3.14. The van der Waals surface area contributed by atoms with E-state index in [4.69, 9.17) is 4.84 Å². The number of hydroxylamine groups is 2. The molecule has 2 saturated heterocycles.